The van der Waals surface area contributed by atoms with Gasteiger partial charge in [0.15, 0.2) is 9.84 Å². The molecule has 0 aliphatic heterocycles. The zero-order chi connectivity index (χ0) is 20.9. The van der Waals surface area contributed by atoms with Gasteiger partial charge in [0.1, 0.15) is 5.78 Å². The second-order valence-electron chi connectivity index (χ2n) is 8.56. The molecule has 1 amide bonds. The molecule has 0 spiro atoms. The molecule has 1 aliphatic carbocycles. The lowest BCUT2D eigenvalue weighted by Gasteiger charge is -2.28. The highest BCUT2D eigenvalue weighted by molar-refractivity contribution is 7.91. The summed E-state index contributed by atoms with van der Waals surface area (Å²) >= 11 is 0. The Kier molecular flexibility index (Phi) is 7.81. The average molecular weight is 408 g/mol. The van der Waals surface area contributed by atoms with Crippen molar-refractivity contribution in [3.63, 3.8) is 0 Å². The molecule has 0 heterocycles. The molecule has 0 bridgehead atoms. The normalized spacial score (nSPS) is 20.4. The molecule has 5 nitrogen and oxygen atoms in total. The van der Waals surface area contributed by atoms with Crippen LogP contribution in [0.3, 0.4) is 0 Å². The van der Waals surface area contributed by atoms with Crippen LogP contribution in [-0.4, -0.2) is 37.2 Å². The summed E-state index contributed by atoms with van der Waals surface area (Å²) in [6, 6.07) is 7.28. The van der Waals surface area contributed by atoms with Gasteiger partial charge < -0.3 is 5.32 Å². The first-order valence-corrected chi connectivity index (χ1v) is 11.9. The Morgan fingerprint density at radius 1 is 1.00 bits per heavy atom. The third-order valence-corrected chi connectivity index (χ3v) is 7.88. The fourth-order valence-corrected chi connectivity index (χ4v) is 5.01. The number of Topliss-reactive ketones (excluding diaryl/α,β-unsaturated/α-hetero) is 1. The second-order valence-corrected chi connectivity index (χ2v) is 11.2. The molecule has 1 fully saturated rings. The topological polar surface area (TPSA) is 80.3 Å². The predicted molar refractivity (Wildman–Crippen MR) is 112 cm³/mol. The predicted octanol–water partition coefficient (Wildman–Crippen LogP) is 3.57. The van der Waals surface area contributed by atoms with Crippen molar-refractivity contribution in [2.75, 3.05) is 5.75 Å². The lowest BCUT2D eigenvalue weighted by molar-refractivity contribution is -0.123. The molecular weight excluding hydrogens is 374 g/mol. The van der Waals surface area contributed by atoms with E-state index in [0.717, 1.165) is 31.2 Å². The zero-order valence-electron chi connectivity index (χ0n) is 17.4. The van der Waals surface area contributed by atoms with E-state index in [9.17, 15) is 18.0 Å². The molecule has 1 saturated carbocycles. The fraction of sp³-hybridized carbons (Fsp3) is 0.636. The van der Waals surface area contributed by atoms with Gasteiger partial charge in [0, 0.05) is 23.9 Å². The van der Waals surface area contributed by atoms with Crippen LogP contribution in [0.25, 0.3) is 0 Å². The van der Waals surface area contributed by atoms with Crippen LogP contribution in [0.5, 0.6) is 0 Å². The van der Waals surface area contributed by atoms with E-state index in [1.807, 2.05) is 26.0 Å². The van der Waals surface area contributed by atoms with Crippen LogP contribution in [0.15, 0.2) is 24.3 Å². The van der Waals surface area contributed by atoms with Crippen molar-refractivity contribution in [1.29, 1.82) is 0 Å². The van der Waals surface area contributed by atoms with E-state index >= 15 is 0 Å². The summed E-state index contributed by atoms with van der Waals surface area (Å²) in [5.41, 5.74) is 1.51. The van der Waals surface area contributed by atoms with E-state index in [4.69, 9.17) is 0 Å². The highest BCUT2D eigenvalue weighted by Crippen LogP contribution is 2.31. The Hall–Kier alpha value is -1.69. The van der Waals surface area contributed by atoms with Crippen molar-refractivity contribution < 1.29 is 18.0 Å². The van der Waals surface area contributed by atoms with Gasteiger partial charge >= 0.3 is 0 Å². The van der Waals surface area contributed by atoms with E-state index in [0.29, 0.717) is 12.0 Å². The van der Waals surface area contributed by atoms with Gasteiger partial charge in [0.05, 0.1) is 11.0 Å². The molecule has 0 unspecified atom stereocenters. The minimum absolute atomic E-state index is 0.0157. The number of hydrogen-bond acceptors (Lipinski definition) is 4. The van der Waals surface area contributed by atoms with Gasteiger partial charge in [-0.05, 0) is 77.0 Å². The molecule has 1 aromatic rings. The van der Waals surface area contributed by atoms with Crippen LogP contribution < -0.4 is 5.32 Å². The van der Waals surface area contributed by atoms with Gasteiger partial charge in [-0.15, -0.1) is 0 Å². The van der Waals surface area contributed by atoms with Crippen LogP contribution >= 0.6 is 0 Å². The van der Waals surface area contributed by atoms with E-state index in [2.05, 4.69) is 5.32 Å². The van der Waals surface area contributed by atoms with Crippen LogP contribution in [0.1, 0.15) is 69.3 Å². The van der Waals surface area contributed by atoms with Crippen LogP contribution in [0.2, 0.25) is 0 Å². The van der Waals surface area contributed by atoms with Crippen molar-refractivity contribution in [2.24, 2.45) is 11.8 Å². The van der Waals surface area contributed by atoms with Gasteiger partial charge in [-0.1, -0.05) is 12.1 Å². The Morgan fingerprint density at radius 2 is 1.57 bits per heavy atom. The first-order valence-electron chi connectivity index (χ1n) is 10.2. The summed E-state index contributed by atoms with van der Waals surface area (Å²) in [4.78, 5) is 24.6. The average Bonchev–Trinajstić information content (AvgIpc) is 2.61. The number of ketones is 1. The van der Waals surface area contributed by atoms with Crippen LogP contribution in [0.4, 0.5) is 0 Å². The molecular formula is C22H33NO4S. The molecule has 28 heavy (non-hydrogen) atoms. The maximum Gasteiger partial charge on any atom is 0.251 e. The third-order valence-electron chi connectivity index (χ3n) is 5.50. The maximum atomic E-state index is 12.6. The number of rotatable bonds is 8. The van der Waals surface area contributed by atoms with E-state index in [1.165, 1.54) is 0 Å². The third kappa shape index (κ3) is 6.43. The van der Waals surface area contributed by atoms with Gasteiger partial charge in [0.2, 0.25) is 0 Å². The monoisotopic (exact) mass is 407 g/mol. The van der Waals surface area contributed by atoms with Gasteiger partial charge in [0.25, 0.3) is 5.91 Å². The molecule has 6 heteroatoms. The van der Waals surface area contributed by atoms with Crippen molar-refractivity contribution in [1.82, 2.24) is 5.32 Å². The van der Waals surface area contributed by atoms with E-state index < -0.39 is 9.84 Å². The summed E-state index contributed by atoms with van der Waals surface area (Å²) in [5.74, 6) is 0.537. The first kappa shape index (κ1) is 22.6. The molecule has 1 aliphatic rings. The molecule has 0 atom stereocenters. The minimum atomic E-state index is -3.02. The number of hydrogen-bond donors (Lipinski definition) is 1. The Morgan fingerprint density at radius 3 is 2.07 bits per heavy atom. The number of benzene rings is 1. The largest absolute Gasteiger partial charge is 0.350 e. The molecule has 1 aromatic carbocycles. The first-order chi connectivity index (χ1) is 13.1. The molecule has 0 aromatic heterocycles. The van der Waals surface area contributed by atoms with Gasteiger partial charge in [-0.25, -0.2) is 8.42 Å². The SMILES string of the molecule is CC(C)NC(=O)c1ccc(CC(=O)C2CCC(CS(=O)(=O)C(C)C)CC2)cc1. The number of amides is 1. The van der Waals surface area contributed by atoms with Crippen molar-refractivity contribution >= 4 is 21.5 Å². The summed E-state index contributed by atoms with van der Waals surface area (Å²) in [5, 5.41) is 2.51. The standard InChI is InChI=1S/C22H33NO4S/c1-15(2)23-22(25)20-11-5-17(6-12-20)13-21(24)19-9-7-18(8-10-19)14-28(26,27)16(3)4/h5-6,11-12,15-16,18-19H,7-10,13-14H2,1-4H3,(H,23,25). The van der Waals surface area contributed by atoms with Crippen LogP contribution in [-0.2, 0) is 21.1 Å². The van der Waals surface area contributed by atoms with E-state index in [1.54, 1.807) is 26.0 Å². The summed E-state index contributed by atoms with van der Waals surface area (Å²) in [6.07, 6.45) is 3.51. The second kappa shape index (κ2) is 9.68. The molecule has 2 rings (SSSR count). The quantitative estimate of drug-likeness (QED) is 0.714. The summed E-state index contributed by atoms with van der Waals surface area (Å²) < 4.78 is 24.2. The smallest absolute Gasteiger partial charge is 0.251 e. The number of nitrogens with one attached hydrogen (secondary N) is 1. The molecule has 0 radical (unpaired) electrons. The Labute approximate surface area is 169 Å². The van der Waals surface area contributed by atoms with E-state index in [-0.39, 0.29) is 40.6 Å². The maximum absolute atomic E-state index is 12.6. The minimum Gasteiger partial charge on any atom is -0.350 e. The lowest BCUT2D eigenvalue weighted by atomic mass is 9.79. The van der Waals surface area contributed by atoms with Crippen molar-refractivity contribution in [3.8, 4) is 0 Å². The lowest BCUT2D eigenvalue weighted by Crippen LogP contribution is -2.30. The highest BCUT2D eigenvalue weighted by atomic mass is 32.2. The van der Waals surface area contributed by atoms with Crippen LogP contribution in [0, 0.1) is 11.8 Å². The summed E-state index contributed by atoms with van der Waals surface area (Å²) in [6.45, 7) is 7.28. The van der Waals surface area contributed by atoms with Crippen molar-refractivity contribution in [3.05, 3.63) is 35.4 Å². The van der Waals surface area contributed by atoms with Crippen molar-refractivity contribution in [2.45, 2.75) is 71.1 Å². The van der Waals surface area contributed by atoms with Gasteiger partial charge in [-0.3, -0.25) is 9.59 Å². The Bertz CT molecular complexity index is 773. The molecule has 156 valence electrons. The Balaban J connectivity index is 1.85. The number of sulfone groups is 1. The highest BCUT2D eigenvalue weighted by Gasteiger charge is 2.29. The molecule has 1 N–H and O–H groups in total. The number of carbonyl (C=O) groups excluding carboxylic acids is 2. The summed E-state index contributed by atoms with van der Waals surface area (Å²) in [7, 11) is -3.02. The number of carbonyl (C=O) groups is 2. The molecule has 0 saturated heterocycles. The van der Waals surface area contributed by atoms with Gasteiger partial charge in [-0.2, -0.15) is 0 Å². The zero-order valence-corrected chi connectivity index (χ0v) is 18.2. The fourth-order valence-electron chi connectivity index (χ4n) is 3.64.